The lowest BCUT2D eigenvalue weighted by Crippen LogP contribution is -1.99. The topological polar surface area (TPSA) is 34.7 Å². The molecule has 0 aliphatic carbocycles. The third-order valence-electron chi connectivity index (χ3n) is 2.58. The summed E-state index contributed by atoms with van der Waals surface area (Å²) in [5, 5.41) is 10.9. The van der Waals surface area contributed by atoms with Gasteiger partial charge in [0, 0.05) is 16.6 Å². The number of rotatable bonds is 3. The van der Waals surface area contributed by atoms with Gasteiger partial charge in [0.2, 0.25) is 0 Å². The molecule has 0 radical (unpaired) electrons. The van der Waals surface area contributed by atoms with E-state index in [2.05, 4.69) is 10.4 Å². The van der Waals surface area contributed by atoms with Gasteiger partial charge in [0.05, 0.1) is 0 Å². The monoisotopic (exact) mass is 230 g/mol. The molecule has 0 N–H and O–H groups in total. The van der Waals surface area contributed by atoms with Crippen LogP contribution < -0.4 is 0 Å². The van der Waals surface area contributed by atoms with Crippen LogP contribution in [0.3, 0.4) is 0 Å². The summed E-state index contributed by atoms with van der Waals surface area (Å²) >= 11 is 0. The van der Waals surface area contributed by atoms with Crippen molar-refractivity contribution >= 4 is 22.6 Å². The summed E-state index contributed by atoms with van der Waals surface area (Å²) in [4.78, 5) is 3.93. The van der Waals surface area contributed by atoms with Gasteiger partial charge in [-0.1, -0.05) is 30.3 Å². The summed E-state index contributed by atoms with van der Waals surface area (Å²) in [7, 11) is 0.334. The first kappa shape index (κ1) is 11.2. The van der Waals surface area contributed by atoms with Crippen molar-refractivity contribution in [2.24, 2.45) is 4.99 Å². The molecule has 3 heteroatoms. The van der Waals surface area contributed by atoms with E-state index >= 15 is 0 Å². The van der Waals surface area contributed by atoms with Crippen LogP contribution in [-0.4, -0.2) is 17.5 Å². The Kier molecular flexibility index (Phi) is 3.97. The van der Waals surface area contributed by atoms with Gasteiger partial charge in [-0.2, -0.15) is 6.01 Å². The van der Waals surface area contributed by atoms with Gasteiger partial charge in [-0.3, -0.25) is 0 Å². The predicted molar refractivity (Wildman–Crippen MR) is 71.5 cm³/mol. The van der Waals surface area contributed by atoms with Gasteiger partial charge >= 0.3 is 0 Å². The highest BCUT2D eigenvalue weighted by molar-refractivity contribution is 8.00. The first-order valence-corrected chi connectivity index (χ1v) is 7.06. The second-order valence-corrected chi connectivity index (χ2v) is 5.86. The van der Waals surface area contributed by atoms with Crippen molar-refractivity contribution in [2.45, 2.75) is 12.8 Å². The second kappa shape index (κ2) is 5.69. The lowest BCUT2D eigenvalue weighted by atomic mass is 10.2. The third kappa shape index (κ3) is 2.84. The SMILES string of the molecule is [N-]=C=N/C(=C/[S+]1CCCC1)c1ccccc1. The van der Waals surface area contributed by atoms with E-state index in [-0.39, 0.29) is 0 Å². The third-order valence-corrected chi connectivity index (χ3v) is 4.76. The fourth-order valence-electron chi connectivity index (χ4n) is 1.77. The molecule has 1 aromatic rings. The van der Waals surface area contributed by atoms with E-state index in [0.717, 1.165) is 11.3 Å². The first-order valence-electron chi connectivity index (χ1n) is 5.43. The van der Waals surface area contributed by atoms with Crippen molar-refractivity contribution in [1.82, 2.24) is 0 Å². The Balaban J connectivity index is 2.26. The minimum Gasteiger partial charge on any atom is -0.422 e. The Labute approximate surface area is 99.0 Å². The normalized spacial score (nSPS) is 17.1. The van der Waals surface area contributed by atoms with E-state index in [1.807, 2.05) is 36.3 Å². The van der Waals surface area contributed by atoms with E-state index in [1.54, 1.807) is 0 Å². The standard InChI is InChI=1S/C13H14N2S/c14-11-15-13(10-16-8-4-5-9-16)12-6-2-1-3-7-12/h1-3,6-7,10H,4-5,8-9H2/b13-10+. The summed E-state index contributed by atoms with van der Waals surface area (Å²) in [5.74, 6) is 2.52. The smallest absolute Gasteiger partial charge is 0.123 e. The average Bonchev–Trinajstić information content (AvgIpc) is 2.83. The molecule has 1 saturated heterocycles. The molecule has 1 heterocycles. The molecule has 1 aliphatic heterocycles. The van der Waals surface area contributed by atoms with Gasteiger partial charge in [0.15, 0.2) is 0 Å². The summed E-state index contributed by atoms with van der Waals surface area (Å²) in [6.45, 7) is 0. The summed E-state index contributed by atoms with van der Waals surface area (Å²) in [6.07, 6.45) is 2.63. The summed E-state index contributed by atoms with van der Waals surface area (Å²) in [5.41, 5.74) is 1.89. The van der Waals surface area contributed by atoms with Crippen LogP contribution in [0.1, 0.15) is 18.4 Å². The van der Waals surface area contributed by atoms with Crippen molar-refractivity contribution in [3.05, 3.63) is 46.7 Å². The highest BCUT2D eigenvalue weighted by Crippen LogP contribution is 2.22. The van der Waals surface area contributed by atoms with E-state index in [1.165, 1.54) is 24.3 Å². The van der Waals surface area contributed by atoms with Gasteiger partial charge in [0.25, 0.3) is 0 Å². The average molecular weight is 230 g/mol. The molecule has 0 saturated carbocycles. The molecule has 82 valence electrons. The first-order chi connectivity index (χ1) is 7.90. The molecule has 0 spiro atoms. The van der Waals surface area contributed by atoms with E-state index in [0.29, 0.717) is 10.9 Å². The number of benzene rings is 1. The molecule has 0 atom stereocenters. The Hall–Kier alpha value is -1.31. The van der Waals surface area contributed by atoms with Crippen molar-refractivity contribution in [3.63, 3.8) is 0 Å². The summed E-state index contributed by atoms with van der Waals surface area (Å²) < 4.78 is 0. The van der Waals surface area contributed by atoms with Crippen LogP contribution in [0.15, 0.2) is 40.7 Å². The number of nitrogens with zero attached hydrogens (tertiary/aromatic N) is 2. The number of aliphatic imine (C=N–C) groups is 1. The number of hydrogen-bond donors (Lipinski definition) is 0. The maximum Gasteiger partial charge on any atom is 0.123 e. The lowest BCUT2D eigenvalue weighted by molar-refractivity contribution is 0.949. The molecule has 2 nitrogen and oxygen atoms in total. The molecule has 16 heavy (non-hydrogen) atoms. The highest BCUT2D eigenvalue weighted by Gasteiger charge is 2.21. The van der Waals surface area contributed by atoms with Gasteiger partial charge in [0.1, 0.15) is 16.9 Å². The largest absolute Gasteiger partial charge is 0.422 e. The van der Waals surface area contributed by atoms with E-state index < -0.39 is 0 Å². The molecule has 1 aliphatic rings. The molecule has 1 aromatic carbocycles. The van der Waals surface area contributed by atoms with Crippen LogP contribution in [0.4, 0.5) is 0 Å². The van der Waals surface area contributed by atoms with Gasteiger partial charge in [-0.05, 0) is 18.4 Å². The Morgan fingerprint density at radius 1 is 1.25 bits per heavy atom. The maximum absolute atomic E-state index is 8.72. The molecule has 2 rings (SSSR count). The molecular formula is C13H14N2S. The van der Waals surface area contributed by atoms with Crippen LogP contribution in [0.25, 0.3) is 11.1 Å². The molecule has 1 fully saturated rings. The zero-order valence-corrected chi connectivity index (χ0v) is 9.91. The van der Waals surface area contributed by atoms with Crippen LogP contribution in [0.5, 0.6) is 0 Å². The Bertz CT molecular complexity index is 413. The highest BCUT2D eigenvalue weighted by atomic mass is 32.2. The second-order valence-electron chi connectivity index (χ2n) is 3.73. The van der Waals surface area contributed by atoms with Gasteiger partial charge in [-0.15, -0.1) is 0 Å². The minimum absolute atomic E-state index is 0.334. The molecule has 0 amide bonds. The van der Waals surface area contributed by atoms with Crippen LogP contribution in [0.2, 0.25) is 0 Å². The molecular weight excluding hydrogens is 216 g/mol. The molecule has 0 aromatic heterocycles. The zero-order valence-electron chi connectivity index (χ0n) is 9.10. The summed E-state index contributed by atoms with van der Waals surface area (Å²) in [6, 6.07) is 11.9. The fourth-order valence-corrected chi connectivity index (χ4v) is 3.87. The van der Waals surface area contributed by atoms with Gasteiger partial charge in [-0.25, -0.2) is 0 Å². The Morgan fingerprint density at radius 3 is 2.56 bits per heavy atom. The van der Waals surface area contributed by atoms with Crippen molar-refractivity contribution in [3.8, 4) is 0 Å². The number of hydrogen-bond acceptors (Lipinski definition) is 1. The minimum atomic E-state index is 0.334. The van der Waals surface area contributed by atoms with Crippen molar-refractivity contribution < 1.29 is 0 Å². The van der Waals surface area contributed by atoms with Crippen LogP contribution >= 0.6 is 0 Å². The fraction of sp³-hybridized carbons (Fsp3) is 0.308. The van der Waals surface area contributed by atoms with Crippen molar-refractivity contribution in [2.75, 3.05) is 11.5 Å². The van der Waals surface area contributed by atoms with E-state index in [9.17, 15) is 0 Å². The van der Waals surface area contributed by atoms with Crippen molar-refractivity contribution in [1.29, 1.82) is 0 Å². The van der Waals surface area contributed by atoms with Crippen LogP contribution in [-0.2, 0) is 10.9 Å². The maximum atomic E-state index is 8.72. The molecule has 0 bridgehead atoms. The predicted octanol–water partition coefficient (Wildman–Crippen LogP) is 3.14. The van der Waals surface area contributed by atoms with Crippen LogP contribution in [0, 0.1) is 0 Å². The van der Waals surface area contributed by atoms with Gasteiger partial charge < -0.3 is 10.4 Å². The van der Waals surface area contributed by atoms with E-state index in [4.69, 9.17) is 5.41 Å². The molecule has 0 unspecified atom stereocenters. The Morgan fingerprint density at radius 2 is 1.94 bits per heavy atom. The quantitative estimate of drug-likeness (QED) is 0.565. The zero-order chi connectivity index (χ0) is 11.2. The lowest BCUT2D eigenvalue weighted by Gasteiger charge is -2.05.